The molecule has 0 N–H and O–H groups in total. The van der Waals surface area contributed by atoms with Crippen LogP contribution in [0.15, 0.2) is 72.8 Å². The Hall–Kier alpha value is -8.22. The van der Waals surface area contributed by atoms with Gasteiger partial charge in [0.1, 0.15) is 13.2 Å². The van der Waals surface area contributed by atoms with Crippen molar-refractivity contribution in [3.8, 4) is 69.0 Å². The maximum absolute atomic E-state index is 13.4. The highest BCUT2D eigenvalue weighted by molar-refractivity contribution is 6.28. The van der Waals surface area contributed by atoms with Crippen molar-refractivity contribution in [1.82, 2.24) is 0 Å². The molecule has 678 valence electrons. The number of benzene rings is 8. The molecule has 0 spiro atoms. The maximum Gasteiger partial charge on any atom is 0.514 e. The van der Waals surface area contributed by atoms with Crippen molar-refractivity contribution in [2.45, 2.75) is 325 Å². The predicted octanol–water partition coefficient (Wildman–Crippen LogP) is 30.0. The average Bonchev–Trinajstić information content (AvgIpc) is 0.731. The summed E-state index contributed by atoms with van der Waals surface area (Å²) in [4.78, 5) is 26.9. The lowest BCUT2D eigenvalue weighted by atomic mass is 9.93. The number of fused-ring (bicyclic) bond motifs is 12. The Morgan fingerprint density at radius 1 is 0.172 bits per heavy atom. The van der Waals surface area contributed by atoms with Crippen LogP contribution in [0.25, 0.3) is 64.6 Å². The van der Waals surface area contributed by atoms with Crippen molar-refractivity contribution in [3.05, 3.63) is 72.8 Å². The van der Waals surface area contributed by atoms with Crippen LogP contribution in [0.1, 0.15) is 325 Å². The molecular formula is C104H154O18. The molecule has 0 saturated heterocycles. The predicted molar refractivity (Wildman–Crippen MR) is 500 cm³/mol. The molecule has 0 fully saturated rings. The Morgan fingerprint density at radius 2 is 0.303 bits per heavy atom. The lowest BCUT2D eigenvalue weighted by Crippen LogP contribution is -2.14. The molecule has 18 heteroatoms. The third kappa shape index (κ3) is 33.4. The first kappa shape index (κ1) is 99.2. The van der Waals surface area contributed by atoms with E-state index in [9.17, 15) is 9.59 Å². The van der Waals surface area contributed by atoms with Crippen molar-refractivity contribution in [3.63, 3.8) is 0 Å². The van der Waals surface area contributed by atoms with Crippen LogP contribution in [0.2, 0.25) is 0 Å². The summed E-state index contributed by atoms with van der Waals surface area (Å²) in [5.74, 6) is 7.09. The van der Waals surface area contributed by atoms with Crippen molar-refractivity contribution in [2.75, 3.05) is 107 Å². The van der Waals surface area contributed by atoms with Gasteiger partial charge in [0.25, 0.3) is 0 Å². The number of carbonyl (C=O) groups is 2. The van der Waals surface area contributed by atoms with Crippen LogP contribution in [0, 0.1) is 0 Å². The fraction of sp³-hybridized carbons (Fsp3) is 0.635. The molecule has 0 saturated carbocycles. The Morgan fingerprint density at radius 3 is 0.451 bits per heavy atom. The normalized spacial score (nSPS) is 11.5. The first-order valence-electron chi connectivity index (χ1n) is 48.1. The second kappa shape index (κ2) is 59.6. The summed E-state index contributed by atoms with van der Waals surface area (Å²) in [6.45, 7) is 23.8. The van der Waals surface area contributed by atoms with E-state index >= 15 is 0 Å². The van der Waals surface area contributed by atoms with Gasteiger partial charge in [-0.25, -0.2) is 9.59 Å². The summed E-state index contributed by atoms with van der Waals surface area (Å²) in [5.41, 5.74) is 0. The fourth-order valence-corrected chi connectivity index (χ4v) is 15.6. The molecular weight excluding hydrogens is 1540 g/mol. The van der Waals surface area contributed by atoms with E-state index in [0.29, 0.717) is 124 Å². The van der Waals surface area contributed by atoms with E-state index in [-0.39, 0.29) is 37.9 Å². The van der Waals surface area contributed by atoms with Crippen LogP contribution < -0.4 is 56.8 Å². The topological polar surface area (TPSA) is 182 Å². The summed E-state index contributed by atoms with van der Waals surface area (Å²) in [5, 5.41) is 11.2. The van der Waals surface area contributed by atoms with Crippen LogP contribution in [0.5, 0.6) is 69.0 Å². The van der Waals surface area contributed by atoms with Gasteiger partial charge in [0.05, 0.1) is 79.3 Å². The lowest BCUT2D eigenvalue weighted by molar-refractivity contribution is 0.0671. The van der Waals surface area contributed by atoms with E-state index in [4.69, 9.17) is 75.8 Å². The molecule has 0 unspecified atom stereocenters. The summed E-state index contributed by atoms with van der Waals surface area (Å²) in [6.07, 6.45) is 43.3. The number of rotatable bonds is 71. The number of hydrogen-bond acceptors (Lipinski definition) is 18. The highest BCUT2D eigenvalue weighted by Crippen LogP contribution is 2.50. The van der Waals surface area contributed by atoms with E-state index in [1.54, 1.807) is 14.2 Å². The maximum atomic E-state index is 13.4. The summed E-state index contributed by atoms with van der Waals surface area (Å²) < 4.78 is 101. The van der Waals surface area contributed by atoms with Gasteiger partial charge in [0, 0.05) is 14.2 Å². The molecule has 8 aromatic carbocycles. The van der Waals surface area contributed by atoms with Crippen LogP contribution in [0.3, 0.4) is 0 Å². The molecule has 18 nitrogen and oxygen atoms in total. The van der Waals surface area contributed by atoms with Crippen LogP contribution in [-0.4, -0.2) is 119 Å². The number of methoxy groups -OCH3 is 2. The highest BCUT2D eigenvalue weighted by atomic mass is 16.7. The Labute approximate surface area is 732 Å². The van der Waals surface area contributed by atoms with E-state index in [2.05, 4.69) is 104 Å². The fourth-order valence-electron chi connectivity index (χ4n) is 15.6. The lowest BCUT2D eigenvalue weighted by Gasteiger charge is -2.20. The smallest absolute Gasteiger partial charge is 0.490 e. The second-order valence-corrected chi connectivity index (χ2v) is 33.0. The summed E-state index contributed by atoms with van der Waals surface area (Å²) >= 11 is 0. The molecule has 0 aliphatic rings. The standard InChI is InChI=1S/C104H154O18/c1-11-19-27-43-53-109-91-69-81-79-67-95(93(111-55-45-29-21-13-3)71-83(79)87-75-99(117-59-49-33-25-17-7)101(121-103(105)119-65-63-107-9)77-89(87)85(81)73-97(91)113-57-47-31-23-15-5)115-61-51-41-39-37-35-36-38-40-42-52-62-116-96-68-80-82-70-92(110-54-44-28-20-12-2)98(114-58-48-32-24-16-6)74-86(82)90-78-102(122-104(106)120-66-64-108-10)100(118-60-50-34-26-18-8)76-88(90)84(80)72-94(96)112-56-46-30-22-14-4/h67-78H,11-66H2,1-10H3. The number of ether oxygens (including phenoxy) is 16. The molecule has 0 radical (unpaired) electrons. The monoisotopic (exact) mass is 1690 g/mol. The Bertz CT molecular complexity index is 3970. The van der Waals surface area contributed by atoms with E-state index in [0.717, 1.165) is 309 Å². The first-order chi connectivity index (χ1) is 60.1. The van der Waals surface area contributed by atoms with Gasteiger partial charge in [0.2, 0.25) is 0 Å². The van der Waals surface area contributed by atoms with Crippen molar-refractivity contribution in [2.24, 2.45) is 0 Å². The van der Waals surface area contributed by atoms with E-state index in [1.807, 2.05) is 24.3 Å². The summed E-state index contributed by atoms with van der Waals surface area (Å²) in [6, 6.07) is 25.1. The third-order valence-electron chi connectivity index (χ3n) is 22.7. The molecule has 122 heavy (non-hydrogen) atoms. The van der Waals surface area contributed by atoms with E-state index < -0.39 is 12.3 Å². The van der Waals surface area contributed by atoms with Gasteiger partial charge in [-0.15, -0.1) is 0 Å². The minimum Gasteiger partial charge on any atom is -0.490 e. The zero-order valence-electron chi connectivity index (χ0n) is 76.9. The second-order valence-electron chi connectivity index (χ2n) is 33.0. The molecule has 0 amide bonds. The van der Waals surface area contributed by atoms with Crippen LogP contribution in [-0.2, 0) is 18.9 Å². The zero-order valence-corrected chi connectivity index (χ0v) is 76.9. The van der Waals surface area contributed by atoms with E-state index in [1.165, 1.54) is 25.7 Å². The largest absolute Gasteiger partial charge is 0.514 e. The molecule has 0 aliphatic heterocycles. The minimum absolute atomic E-state index is 0.0528. The first-order valence-corrected chi connectivity index (χ1v) is 48.1. The summed E-state index contributed by atoms with van der Waals surface area (Å²) in [7, 11) is 3.14. The van der Waals surface area contributed by atoms with Crippen LogP contribution >= 0.6 is 0 Å². The quantitative estimate of drug-likeness (QED) is 0.0152. The highest BCUT2D eigenvalue weighted by Gasteiger charge is 2.26. The number of hydrogen-bond donors (Lipinski definition) is 0. The third-order valence-corrected chi connectivity index (χ3v) is 22.7. The molecule has 8 aromatic rings. The molecule has 0 bridgehead atoms. The number of unbranched alkanes of at least 4 members (excludes halogenated alkanes) is 33. The average molecular weight is 1690 g/mol. The Balaban J connectivity index is 0.998. The van der Waals surface area contributed by atoms with Crippen molar-refractivity contribution >= 4 is 76.9 Å². The van der Waals surface area contributed by atoms with Crippen molar-refractivity contribution in [1.29, 1.82) is 0 Å². The van der Waals surface area contributed by atoms with Gasteiger partial charge in [-0.2, -0.15) is 0 Å². The van der Waals surface area contributed by atoms with Gasteiger partial charge in [-0.05, 0) is 202 Å². The molecule has 0 aromatic heterocycles. The van der Waals surface area contributed by atoms with Gasteiger partial charge < -0.3 is 75.8 Å². The SMILES string of the molecule is CCCCCCOc1cc2c(cc1OCCCCCC)c1cc(OC(=O)OCCOC)c(OCCCCCC)cc1c1cc(OCCCCCC)c(OCCCCCCCCCCCCOc3cc4c5cc(OCCCCCC)c(OCCCCCC)cc5c5cc(OC(=O)OCCOC)c(OCCCCCC)cc5c4cc3OCCCCCC)cc21. The minimum atomic E-state index is -0.829. The molecule has 0 heterocycles. The molecule has 0 atom stereocenters. The molecule has 8 rings (SSSR count). The van der Waals surface area contributed by atoms with Gasteiger partial charge in [-0.1, -0.05) is 261 Å². The van der Waals surface area contributed by atoms with Crippen LogP contribution in [0.4, 0.5) is 9.59 Å². The van der Waals surface area contributed by atoms with Crippen molar-refractivity contribution < 1.29 is 85.4 Å². The van der Waals surface area contributed by atoms with Gasteiger partial charge >= 0.3 is 12.3 Å². The Kier molecular flexibility index (Phi) is 48.5. The zero-order chi connectivity index (χ0) is 86.4. The van der Waals surface area contributed by atoms with Gasteiger partial charge in [0.15, 0.2) is 69.0 Å². The molecule has 0 aliphatic carbocycles. The number of carbonyl (C=O) groups excluding carboxylic acids is 2. The van der Waals surface area contributed by atoms with Gasteiger partial charge in [-0.3, -0.25) is 0 Å².